The second-order valence-corrected chi connectivity index (χ2v) is 10.1. The Hall–Kier alpha value is -3.27. The standard InChI is InChI=1S/C30H32N2O2/c1-34-24-12-7-19(8-13-24)15-16-31-30(33)23-11-14-26-25(18-23)27-21-9-10-22(17-21)28(27)29(32-26)20-5-3-2-4-6-20/h2-8,11-14,18,21-22,27-29,32H,9-10,15-17H2,1H3,(H,31,33)/t21-,22-,27-,28+,29-/m0/s1. The number of ether oxygens (including phenoxy) is 1. The maximum absolute atomic E-state index is 13.0. The maximum Gasteiger partial charge on any atom is 0.251 e. The Kier molecular flexibility index (Phi) is 5.52. The van der Waals surface area contributed by atoms with Crippen LogP contribution in [0.25, 0.3) is 0 Å². The molecule has 5 atom stereocenters. The van der Waals surface area contributed by atoms with E-state index in [-0.39, 0.29) is 5.91 Å². The van der Waals surface area contributed by atoms with Crippen LogP contribution in [0.3, 0.4) is 0 Å². The van der Waals surface area contributed by atoms with Gasteiger partial charge in [-0.25, -0.2) is 0 Å². The van der Waals surface area contributed by atoms with E-state index in [9.17, 15) is 4.79 Å². The number of amides is 1. The Morgan fingerprint density at radius 1 is 1.00 bits per heavy atom. The highest BCUT2D eigenvalue weighted by Crippen LogP contribution is 2.63. The molecule has 34 heavy (non-hydrogen) atoms. The zero-order valence-electron chi connectivity index (χ0n) is 19.7. The third-order valence-corrected chi connectivity index (χ3v) is 8.37. The molecule has 3 aliphatic rings. The second kappa shape index (κ2) is 8.83. The summed E-state index contributed by atoms with van der Waals surface area (Å²) in [5.41, 5.74) is 5.91. The lowest BCUT2D eigenvalue weighted by atomic mass is 9.68. The van der Waals surface area contributed by atoms with E-state index in [1.54, 1.807) is 7.11 Å². The Bertz CT molecular complexity index is 1170. The minimum Gasteiger partial charge on any atom is -0.497 e. The predicted molar refractivity (Wildman–Crippen MR) is 135 cm³/mol. The smallest absolute Gasteiger partial charge is 0.251 e. The number of hydrogen-bond donors (Lipinski definition) is 2. The van der Waals surface area contributed by atoms with Gasteiger partial charge in [-0.3, -0.25) is 4.79 Å². The van der Waals surface area contributed by atoms with Crippen molar-refractivity contribution in [1.29, 1.82) is 0 Å². The van der Waals surface area contributed by atoms with Crippen molar-refractivity contribution in [1.82, 2.24) is 5.32 Å². The summed E-state index contributed by atoms with van der Waals surface area (Å²) in [5.74, 6) is 3.55. The normalized spacial score (nSPS) is 26.3. The van der Waals surface area contributed by atoms with Gasteiger partial charge in [0.2, 0.25) is 0 Å². The van der Waals surface area contributed by atoms with E-state index in [1.807, 2.05) is 30.3 Å². The van der Waals surface area contributed by atoms with E-state index in [0.29, 0.717) is 24.4 Å². The number of fused-ring (bicyclic) bond motifs is 7. The molecule has 1 aliphatic heterocycles. The van der Waals surface area contributed by atoms with Crippen LogP contribution in [0.2, 0.25) is 0 Å². The molecule has 0 saturated heterocycles. The van der Waals surface area contributed by atoms with Gasteiger partial charge in [0.25, 0.3) is 5.91 Å². The van der Waals surface area contributed by atoms with Crippen molar-refractivity contribution in [2.45, 2.75) is 37.6 Å². The molecule has 2 fully saturated rings. The van der Waals surface area contributed by atoms with E-state index >= 15 is 0 Å². The Morgan fingerprint density at radius 3 is 2.59 bits per heavy atom. The summed E-state index contributed by atoms with van der Waals surface area (Å²) in [7, 11) is 1.67. The van der Waals surface area contributed by atoms with Crippen LogP contribution >= 0.6 is 0 Å². The van der Waals surface area contributed by atoms with Crippen molar-refractivity contribution in [3.63, 3.8) is 0 Å². The molecule has 2 bridgehead atoms. The average molecular weight is 453 g/mol. The minimum absolute atomic E-state index is 0.0150. The largest absolute Gasteiger partial charge is 0.497 e. The topological polar surface area (TPSA) is 50.4 Å². The molecule has 1 amide bonds. The number of hydrogen-bond acceptors (Lipinski definition) is 3. The van der Waals surface area contributed by atoms with Crippen molar-refractivity contribution in [2.24, 2.45) is 17.8 Å². The van der Waals surface area contributed by atoms with Crippen LogP contribution in [0.1, 0.15) is 58.3 Å². The number of methoxy groups -OCH3 is 1. The molecular formula is C30H32N2O2. The lowest BCUT2D eigenvalue weighted by Crippen LogP contribution is -2.35. The van der Waals surface area contributed by atoms with Crippen molar-refractivity contribution >= 4 is 11.6 Å². The number of anilines is 1. The molecule has 3 aromatic rings. The number of carbonyl (C=O) groups excluding carboxylic acids is 1. The molecule has 0 unspecified atom stereocenters. The SMILES string of the molecule is COc1ccc(CCNC(=O)c2ccc3c(c2)[C@@H]2[C@H]4CC[C@@H](C4)[C@H]2[C@H](c2ccccc2)N3)cc1. The van der Waals surface area contributed by atoms with Crippen LogP contribution in [0, 0.1) is 17.8 Å². The zero-order valence-corrected chi connectivity index (χ0v) is 19.7. The van der Waals surface area contributed by atoms with E-state index in [4.69, 9.17) is 4.74 Å². The Morgan fingerprint density at radius 2 is 1.79 bits per heavy atom. The summed E-state index contributed by atoms with van der Waals surface area (Å²) in [6.45, 7) is 0.618. The second-order valence-electron chi connectivity index (χ2n) is 10.1. The van der Waals surface area contributed by atoms with Gasteiger partial charge in [-0.15, -0.1) is 0 Å². The lowest BCUT2D eigenvalue weighted by molar-refractivity contribution is 0.0954. The van der Waals surface area contributed by atoms with Crippen LogP contribution in [0.4, 0.5) is 5.69 Å². The average Bonchev–Trinajstić information content (AvgIpc) is 3.52. The number of benzene rings is 3. The molecule has 0 spiro atoms. The van der Waals surface area contributed by atoms with Gasteiger partial charge >= 0.3 is 0 Å². The molecule has 1 heterocycles. The van der Waals surface area contributed by atoms with Gasteiger partial charge in [0.1, 0.15) is 5.75 Å². The van der Waals surface area contributed by atoms with Gasteiger partial charge in [0.05, 0.1) is 13.2 Å². The quantitative estimate of drug-likeness (QED) is 0.485. The van der Waals surface area contributed by atoms with E-state index in [1.165, 1.54) is 41.6 Å². The summed E-state index contributed by atoms with van der Waals surface area (Å²) in [4.78, 5) is 13.0. The van der Waals surface area contributed by atoms with Crippen LogP contribution < -0.4 is 15.4 Å². The fraction of sp³-hybridized carbons (Fsp3) is 0.367. The first-order valence-corrected chi connectivity index (χ1v) is 12.6. The molecule has 0 aromatic heterocycles. The monoisotopic (exact) mass is 452 g/mol. The molecule has 3 aromatic carbocycles. The van der Waals surface area contributed by atoms with Gasteiger partial charge in [-0.05, 0) is 96.4 Å². The molecule has 4 nitrogen and oxygen atoms in total. The first-order chi connectivity index (χ1) is 16.7. The van der Waals surface area contributed by atoms with Gasteiger partial charge < -0.3 is 15.4 Å². The van der Waals surface area contributed by atoms with Crippen LogP contribution in [0.5, 0.6) is 5.75 Å². The van der Waals surface area contributed by atoms with Gasteiger partial charge in [0.15, 0.2) is 0 Å². The van der Waals surface area contributed by atoms with E-state index in [0.717, 1.165) is 29.6 Å². The van der Waals surface area contributed by atoms with E-state index in [2.05, 4.69) is 53.1 Å². The third kappa shape index (κ3) is 3.75. The molecule has 174 valence electrons. The Labute approximate surface area is 201 Å². The fourth-order valence-electron chi connectivity index (χ4n) is 6.83. The maximum atomic E-state index is 13.0. The third-order valence-electron chi connectivity index (χ3n) is 8.37. The molecule has 2 saturated carbocycles. The fourth-order valence-corrected chi connectivity index (χ4v) is 6.83. The van der Waals surface area contributed by atoms with Crippen molar-refractivity contribution in [2.75, 3.05) is 19.0 Å². The molecule has 2 N–H and O–H groups in total. The van der Waals surface area contributed by atoms with Crippen molar-refractivity contribution in [3.8, 4) is 5.75 Å². The van der Waals surface area contributed by atoms with Gasteiger partial charge in [0, 0.05) is 17.8 Å². The molecule has 4 heteroatoms. The summed E-state index contributed by atoms with van der Waals surface area (Å²) < 4.78 is 5.22. The van der Waals surface area contributed by atoms with Crippen molar-refractivity contribution in [3.05, 3.63) is 95.1 Å². The first-order valence-electron chi connectivity index (χ1n) is 12.6. The zero-order chi connectivity index (χ0) is 23.1. The summed E-state index contributed by atoms with van der Waals surface area (Å²) in [6.07, 6.45) is 4.80. The van der Waals surface area contributed by atoms with Crippen LogP contribution in [-0.4, -0.2) is 19.6 Å². The van der Waals surface area contributed by atoms with E-state index < -0.39 is 0 Å². The van der Waals surface area contributed by atoms with Crippen molar-refractivity contribution < 1.29 is 9.53 Å². The van der Waals surface area contributed by atoms with Crippen LogP contribution in [-0.2, 0) is 6.42 Å². The first kappa shape index (κ1) is 21.3. The molecule has 2 aliphatic carbocycles. The van der Waals surface area contributed by atoms with Crippen LogP contribution in [0.15, 0.2) is 72.8 Å². The molecule has 0 radical (unpaired) electrons. The summed E-state index contributed by atoms with van der Waals surface area (Å²) >= 11 is 0. The number of nitrogens with one attached hydrogen (secondary N) is 2. The highest BCUT2D eigenvalue weighted by molar-refractivity contribution is 5.95. The van der Waals surface area contributed by atoms with Gasteiger partial charge in [-0.1, -0.05) is 42.5 Å². The summed E-state index contributed by atoms with van der Waals surface area (Å²) in [6, 6.07) is 25.6. The Balaban J connectivity index is 1.20. The molecular weight excluding hydrogens is 420 g/mol. The van der Waals surface area contributed by atoms with Gasteiger partial charge in [-0.2, -0.15) is 0 Å². The molecule has 6 rings (SSSR count). The number of rotatable bonds is 6. The predicted octanol–water partition coefficient (Wildman–Crippen LogP) is 5.96. The highest BCUT2D eigenvalue weighted by atomic mass is 16.5. The summed E-state index contributed by atoms with van der Waals surface area (Å²) in [5, 5.41) is 6.99. The lowest BCUT2D eigenvalue weighted by Gasteiger charge is -2.43. The number of carbonyl (C=O) groups is 1. The minimum atomic E-state index is 0.0150. The highest BCUT2D eigenvalue weighted by Gasteiger charge is 2.53.